The van der Waals surface area contributed by atoms with Gasteiger partial charge >= 0.3 is 0 Å². The van der Waals surface area contributed by atoms with Crippen LogP contribution in [0.2, 0.25) is 0 Å². The van der Waals surface area contributed by atoms with Gasteiger partial charge in [0, 0.05) is 6.04 Å². The third-order valence-electron chi connectivity index (χ3n) is 3.47. The lowest BCUT2D eigenvalue weighted by molar-refractivity contribution is -0.125. The van der Waals surface area contributed by atoms with Crippen LogP contribution in [0.4, 0.5) is 0 Å². The maximum absolute atomic E-state index is 12.2. The Balaban J connectivity index is 1.98. The zero-order valence-electron chi connectivity index (χ0n) is 11.7. The van der Waals surface area contributed by atoms with Crippen molar-refractivity contribution in [1.29, 1.82) is 0 Å². The highest BCUT2D eigenvalue weighted by molar-refractivity contribution is 5.79. The summed E-state index contributed by atoms with van der Waals surface area (Å²) in [5.74, 6) is 0.346. The van der Waals surface area contributed by atoms with E-state index in [1.165, 1.54) is 0 Å². The van der Waals surface area contributed by atoms with E-state index in [2.05, 4.69) is 5.32 Å². The number of carbonyl (C=O) groups is 1. The number of rotatable bonds is 5. The summed E-state index contributed by atoms with van der Waals surface area (Å²) < 4.78 is 5.28. The summed E-state index contributed by atoms with van der Waals surface area (Å²) in [4.78, 5) is 12.2. The summed E-state index contributed by atoms with van der Waals surface area (Å²) in [7, 11) is 0. The predicted octanol–water partition coefficient (Wildman–Crippen LogP) is 2.79. The fourth-order valence-corrected chi connectivity index (χ4v) is 2.08. The highest BCUT2D eigenvalue weighted by Gasteiger charge is 2.24. The van der Waals surface area contributed by atoms with Crippen LogP contribution in [0.5, 0.6) is 0 Å². The van der Waals surface area contributed by atoms with Crippen LogP contribution >= 0.6 is 0 Å². The van der Waals surface area contributed by atoms with Crippen LogP contribution < -0.4 is 11.1 Å². The number of carbonyl (C=O) groups excluding carboxylic acids is 1. The molecule has 3 N–H and O–H groups in total. The molecule has 0 aliphatic rings. The van der Waals surface area contributed by atoms with Crippen molar-refractivity contribution in [2.45, 2.75) is 25.9 Å². The molecule has 0 radical (unpaired) electrons. The second-order valence-corrected chi connectivity index (χ2v) is 4.97. The molecule has 1 heterocycles. The second-order valence-electron chi connectivity index (χ2n) is 4.97. The number of benzene rings is 1. The molecule has 3 atom stereocenters. The lowest BCUT2D eigenvalue weighted by Gasteiger charge is -2.21. The molecular weight excluding hydrogens is 252 g/mol. The van der Waals surface area contributed by atoms with E-state index < -0.39 is 0 Å². The van der Waals surface area contributed by atoms with Crippen molar-refractivity contribution < 1.29 is 9.21 Å². The van der Waals surface area contributed by atoms with Gasteiger partial charge in [0.1, 0.15) is 5.76 Å². The van der Waals surface area contributed by atoms with E-state index in [-0.39, 0.29) is 23.9 Å². The molecule has 4 nitrogen and oxygen atoms in total. The molecule has 1 aromatic heterocycles. The topological polar surface area (TPSA) is 68.3 Å². The smallest absolute Gasteiger partial charge is 0.225 e. The highest BCUT2D eigenvalue weighted by Crippen LogP contribution is 2.20. The average molecular weight is 272 g/mol. The van der Waals surface area contributed by atoms with Gasteiger partial charge in [-0.2, -0.15) is 0 Å². The Morgan fingerprint density at radius 3 is 2.45 bits per heavy atom. The number of amides is 1. The maximum Gasteiger partial charge on any atom is 0.225 e. The van der Waals surface area contributed by atoms with E-state index in [1.54, 1.807) is 12.3 Å². The van der Waals surface area contributed by atoms with Crippen molar-refractivity contribution >= 4 is 5.91 Å². The third kappa shape index (κ3) is 3.27. The number of hydrogen-bond donors (Lipinski definition) is 2. The molecule has 2 aromatic rings. The number of nitrogens with one attached hydrogen (secondary N) is 1. The zero-order chi connectivity index (χ0) is 14.5. The molecule has 106 valence electrons. The first kappa shape index (κ1) is 14.3. The number of nitrogens with two attached hydrogens (primary N) is 1. The fraction of sp³-hybridized carbons (Fsp3) is 0.312. The van der Waals surface area contributed by atoms with E-state index >= 15 is 0 Å². The minimum absolute atomic E-state index is 0.0785. The number of hydrogen-bond acceptors (Lipinski definition) is 3. The largest absolute Gasteiger partial charge is 0.467 e. The molecule has 4 heteroatoms. The molecule has 0 fully saturated rings. The van der Waals surface area contributed by atoms with Gasteiger partial charge in [-0.25, -0.2) is 0 Å². The summed E-state index contributed by atoms with van der Waals surface area (Å²) in [6.45, 7) is 3.72. The lowest BCUT2D eigenvalue weighted by Crippen LogP contribution is -2.36. The van der Waals surface area contributed by atoms with Crippen molar-refractivity contribution in [3.8, 4) is 0 Å². The Bertz CT molecular complexity index is 537. The summed E-state index contributed by atoms with van der Waals surface area (Å²) in [5, 5.41) is 2.92. The third-order valence-corrected chi connectivity index (χ3v) is 3.47. The summed E-state index contributed by atoms with van der Waals surface area (Å²) in [6.07, 6.45) is 1.59. The van der Waals surface area contributed by atoms with Crippen molar-refractivity contribution in [1.82, 2.24) is 5.32 Å². The van der Waals surface area contributed by atoms with Gasteiger partial charge in [0.15, 0.2) is 0 Å². The van der Waals surface area contributed by atoms with E-state index in [4.69, 9.17) is 10.2 Å². The molecule has 2 unspecified atom stereocenters. The molecule has 0 bridgehead atoms. The summed E-state index contributed by atoms with van der Waals surface area (Å²) in [5.41, 5.74) is 7.11. The van der Waals surface area contributed by atoms with Gasteiger partial charge in [-0.15, -0.1) is 0 Å². The molecule has 1 amide bonds. The molecular formula is C16H20N2O2. The van der Waals surface area contributed by atoms with Crippen LogP contribution in [-0.2, 0) is 4.79 Å². The monoisotopic (exact) mass is 272 g/mol. The predicted molar refractivity (Wildman–Crippen MR) is 77.8 cm³/mol. The van der Waals surface area contributed by atoms with Gasteiger partial charge in [-0.3, -0.25) is 4.79 Å². The van der Waals surface area contributed by atoms with Gasteiger partial charge in [-0.1, -0.05) is 37.3 Å². The molecule has 20 heavy (non-hydrogen) atoms. The van der Waals surface area contributed by atoms with Crippen LogP contribution in [0.25, 0.3) is 0 Å². The Morgan fingerprint density at radius 1 is 1.15 bits per heavy atom. The van der Waals surface area contributed by atoms with E-state index in [1.807, 2.05) is 50.2 Å². The van der Waals surface area contributed by atoms with Crippen LogP contribution in [0.1, 0.15) is 37.3 Å². The molecule has 0 aliphatic carbocycles. The van der Waals surface area contributed by atoms with Crippen LogP contribution in [0.3, 0.4) is 0 Å². The summed E-state index contributed by atoms with van der Waals surface area (Å²) >= 11 is 0. The minimum Gasteiger partial charge on any atom is -0.467 e. The van der Waals surface area contributed by atoms with Gasteiger partial charge in [0.05, 0.1) is 18.2 Å². The standard InChI is InChI=1S/C16H20N2O2/c1-11(15(17)13-7-4-3-5-8-13)16(19)18-12(2)14-9-6-10-20-14/h3-12,15H,17H2,1-2H3,(H,18,19)/t11?,12-,15?/m1/s1. The van der Waals surface area contributed by atoms with E-state index in [9.17, 15) is 4.79 Å². The van der Waals surface area contributed by atoms with Crippen molar-refractivity contribution in [3.63, 3.8) is 0 Å². The van der Waals surface area contributed by atoms with Crippen LogP contribution in [-0.4, -0.2) is 5.91 Å². The van der Waals surface area contributed by atoms with Crippen LogP contribution in [0, 0.1) is 5.92 Å². The van der Waals surface area contributed by atoms with Crippen LogP contribution in [0.15, 0.2) is 53.1 Å². The quantitative estimate of drug-likeness (QED) is 0.879. The lowest BCUT2D eigenvalue weighted by atomic mass is 9.94. The summed E-state index contributed by atoms with van der Waals surface area (Å²) in [6, 6.07) is 12.8. The fourth-order valence-electron chi connectivity index (χ4n) is 2.08. The first-order chi connectivity index (χ1) is 9.59. The molecule has 0 spiro atoms. The first-order valence-electron chi connectivity index (χ1n) is 6.74. The molecule has 0 aliphatic heterocycles. The van der Waals surface area contributed by atoms with Gasteiger partial charge in [-0.05, 0) is 24.6 Å². The van der Waals surface area contributed by atoms with E-state index in [0.717, 1.165) is 11.3 Å². The minimum atomic E-state index is -0.319. The molecule has 2 rings (SSSR count). The van der Waals surface area contributed by atoms with Crippen molar-refractivity contribution in [2.24, 2.45) is 11.7 Å². The zero-order valence-corrected chi connectivity index (χ0v) is 11.7. The molecule has 0 saturated carbocycles. The second kappa shape index (κ2) is 6.39. The highest BCUT2D eigenvalue weighted by atomic mass is 16.3. The Morgan fingerprint density at radius 2 is 1.85 bits per heavy atom. The number of furan rings is 1. The normalized spacial score (nSPS) is 15.3. The van der Waals surface area contributed by atoms with Crippen molar-refractivity contribution in [2.75, 3.05) is 0 Å². The SMILES string of the molecule is CC(C(=O)N[C@H](C)c1ccco1)C(N)c1ccccc1. The van der Waals surface area contributed by atoms with Crippen molar-refractivity contribution in [3.05, 3.63) is 60.1 Å². The Hall–Kier alpha value is -2.07. The average Bonchev–Trinajstić information content (AvgIpc) is 3.01. The molecule has 0 saturated heterocycles. The van der Waals surface area contributed by atoms with E-state index in [0.29, 0.717) is 0 Å². The first-order valence-corrected chi connectivity index (χ1v) is 6.74. The maximum atomic E-state index is 12.2. The Labute approximate surface area is 119 Å². The van der Waals surface area contributed by atoms with Gasteiger partial charge < -0.3 is 15.5 Å². The Kier molecular flexibility index (Phi) is 4.58. The molecule has 1 aromatic carbocycles. The van der Waals surface area contributed by atoms with Gasteiger partial charge in [0.25, 0.3) is 0 Å². The van der Waals surface area contributed by atoms with Gasteiger partial charge in [0.2, 0.25) is 5.91 Å².